The normalized spacial score (nSPS) is 10.9. The maximum absolute atomic E-state index is 11.0. The lowest BCUT2D eigenvalue weighted by atomic mass is 10.2. The molecule has 0 aliphatic carbocycles. The Morgan fingerprint density at radius 3 is 1.58 bits per heavy atom. The molecule has 4 N–H and O–H groups in total. The van der Waals surface area contributed by atoms with Gasteiger partial charge in [-0.15, -0.1) is 0 Å². The predicted octanol–water partition coefficient (Wildman–Crippen LogP) is 3.74. The minimum Gasteiger partial charge on any atom is -0.478 e. The highest BCUT2D eigenvalue weighted by Crippen LogP contribution is 2.29. The molecule has 4 rings (SSSR count). The van der Waals surface area contributed by atoms with Crippen LogP contribution in [0.1, 0.15) is 20.7 Å². The van der Waals surface area contributed by atoms with Crippen LogP contribution in [0, 0.1) is 0 Å². The molecule has 0 aliphatic heterocycles. The van der Waals surface area contributed by atoms with Gasteiger partial charge in [-0.25, -0.2) is 19.6 Å². The fraction of sp³-hybridized carbons (Fsp3) is 0. The first kappa shape index (κ1) is 16.2. The standard InChI is InChI=1S/C16H10N4O4S2/c21-13(22)7-1-3-9-11(5-7)25-15(17-9)19-20-16-18-10-4-2-8(14(23)24)6-12(10)26-16/h1-6H,(H,17,19)(H,18,20)(H,21,22)(H,23,24). The quantitative estimate of drug-likeness (QED) is 0.382. The van der Waals surface area contributed by atoms with Crippen molar-refractivity contribution in [1.82, 2.24) is 9.97 Å². The molecule has 0 saturated carbocycles. The molecule has 130 valence electrons. The molecule has 10 heteroatoms. The fourth-order valence-corrected chi connectivity index (χ4v) is 4.05. The molecule has 0 fully saturated rings. The summed E-state index contributed by atoms with van der Waals surface area (Å²) in [5.74, 6) is -1.97. The summed E-state index contributed by atoms with van der Waals surface area (Å²) in [6, 6.07) is 9.48. The van der Waals surface area contributed by atoms with Gasteiger partial charge in [-0.1, -0.05) is 22.7 Å². The van der Waals surface area contributed by atoms with E-state index in [2.05, 4.69) is 20.8 Å². The van der Waals surface area contributed by atoms with Crippen molar-refractivity contribution in [3.63, 3.8) is 0 Å². The molecule has 2 aromatic heterocycles. The van der Waals surface area contributed by atoms with E-state index in [1.165, 1.54) is 34.8 Å². The lowest BCUT2D eigenvalue weighted by Gasteiger charge is -2.01. The van der Waals surface area contributed by atoms with E-state index in [0.29, 0.717) is 21.3 Å². The summed E-state index contributed by atoms with van der Waals surface area (Å²) >= 11 is 2.62. The second-order valence-corrected chi connectivity index (χ2v) is 7.32. The third kappa shape index (κ3) is 3.03. The van der Waals surface area contributed by atoms with Gasteiger partial charge in [-0.2, -0.15) is 0 Å². The number of aromatic nitrogens is 2. The highest BCUT2D eigenvalue weighted by atomic mass is 32.1. The SMILES string of the molecule is O=C(O)c1ccc2nc(NNc3nc4ccc(C(=O)O)cc4s3)sc2c1. The van der Waals surface area contributed by atoms with Crippen LogP contribution in [0.15, 0.2) is 36.4 Å². The molecule has 2 aromatic carbocycles. The number of hydrogen-bond acceptors (Lipinski definition) is 8. The number of carboxylic acids is 2. The Morgan fingerprint density at radius 1 is 0.769 bits per heavy atom. The zero-order chi connectivity index (χ0) is 18.3. The number of aromatic carboxylic acids is 2. The van der Waals surface area contributed by atoms with Crippen LogP contribution >= 0.6 is 22.7 Å². The number of carboxylic acid groups (broad SMARTS) is 2. The monoisotopic (exact) mass is 386 g/mol. The Balaban J connectivity index is 1.54. The minimum atomic E-state index is -0.983. The number of rotatable bonds is 5. The van der Waals surface area contributed by atoms with Gasteiger partial charge in [-0.3, -0.25) is 10.9 Å². The molecule has 8 nitrogen and oxygen atoms in total. The number of thiazole rings is 2. The maximum Gasteiger partial charge on any atom is 0.335 e. The first-order chi connectivity index (χ1) is 12.5. The van der Waals surface area contributed by atoms with E-state index in [1.807, 2.05) is 0 Å². The Bertz CT molecular complexity index is 1080. The first-order valence-corrected chi connectivity index (χ1v) is 8.93. The van der Waals surface area contributed by atoms with Crippen LogP contribution in [0.5, 0.6) is 0 Å². The Kier molecular flexibility index (Phi) is 3.90. The summed E-state index contributed by atoms with van der Waals surface area (Å²) in [5, 5.41) is 19.2. The third-order valence-electron chi connectivity index (χ3n) is 3.55. The molecule has 0 radical (unpaired) electrons. The van der Waals surface area contributed by atoms with Crippen LogP contribution in [-0.2, 0) is 0 Å². The van der Waals surface area contributed by atoms with E-state index < -0.39 is 11.9 Å². The Labute approximate surface area is 153 Å². The van der Waals surface area contributed by atoms with Gasteiger partial charge in [0.15, 0.2) is 0 Å². The average Bonchev–Trinajstić information content (AvgIpc) is 3.21. The molecule has 0 unspecified atom stereocenters. The lowest BCUT2D eigenvalue weighted by molar-refractivity contribution is 0.0686. The van der Waals surface area contributed by atoms with Gasteiger partial charge in [0, 0.05) is 0 Å². The van der Waals surface area contributed by atoms with Crippen molar-refractivity contribution in [2.45, 2.75) is 0 Å². The van der Waals surface area contributed by atoms with E-state index in [9.17, 15) is 9.59 Å². The smallest absolute Gasteiger partial charge is 0.335 e. The molecule has 2 heterocycles. The van der Waals surface area contributed by atoms with Crippen molar-refractivity contribution in [1.29, 1.82) is 0 Å². The summed E-state index contributed by atoms with van der Waals surface area (Å²) in [4.78, 5) is 30.8. The number of benzene rings is 2. The molecular weight excluding hydrogens is 376 g/mol. The van der Waals surface area contributed by atoms with E-state index in [1.54, 1.807) is 24.3 Å². The van der Waals surface area contributed by atoms with Crippen LogP contribution in [-0.4, -0.2) is 32.1 Å². The molecule has 4 aromatic rings. The second kappa shape index (κ2) is 6.24. The molecule has 26 heavy (non-hydrogen) atoms. The van der Waals surface area contributed by atoms with E-state index in [0.717, 1.165) is 9.40 Å². The number of nitrogens with one attached hydrogen (secondary N) is 2. The summed E-state index contributed by atoms with van der Waals surface area (Å²) in [7, 11) is 0. The number of nitrogens with zero attached hydrogens (tertiary/aromatic N) is 2. The summed E-state index contributed by atoms with van der Waals surface area (Å²) in [5.41, 5.74) is 7.68. The van der Waals surface area contributed by atoms with Gasteiger partial charge in [0.25, 0.3) is 0 Å². The number of hydrazine groups is 1. The fourth-order valence-electron chi connectivity index (χ4n) is 2.33. The number of fused-ring (bicyclic) bond motifs is 2. The van der Waals surface area contributed by atoms with Crippen molar-refractivity contribution >= 4 is 65.3 Å². The Hall–Kier alpha value is -3.24. The van der Waals surface area contributed by atoms with Crippen molar-refractivity contribution < 1.29 is 19.8 Å². The van der Waals surface area contributed by atoms with Crippen molar-refractivity contribution in [2.75, 3.05) is 10.9 Å². The van der Waals surface area contributed by atoms with Crippen LogP contribution < -0.4 is 10.9 Å². The van der Waals surface area contributed by atoms with Crippen molar-refractivity contribution in [3.05, 3.63) is 47.5 Å². The number of hydrogen-bond donors (Lipinski definition) is 4. The zero-order valence-electron chi connectivity index (χ0n) is 12.9. The minimum absolute atomic E-state index is 0.209. The van der Waals surface area contributed by atoms with Gasteiger partial charge in [0.1, 0.15) is 0 Å². The lowest BCUT2D eigenvalue weighted by Crippen LogP contribution is -2.07. The highest BCUT2D eigenvalue weighted by Gasteiger charge is 2.10. The summed E-state index contributed by atoms with van der Waals surface area (Å²) in [6.45, 7) is 0. The van der Waals surface area contributed by atoms with Crippen LogP contribution in [0.3, 0.4) is 0 Å². The largest absolute Gasteiger partial charge is 0.478 e. The molecule has 0 amide bonds. The number of carbonyl (C=O) groups is 2. The van der Waals surface area contributed by atoms with Crippen LogP contribution in [0.4, 0.5) is 10.3 Å². The van der Waals surface area contributed by atoms with Crippen molar-refractivity contribution in [3.8, 4) is 0 Å². The summed E-state index contributed by atoms with van der Waals surface area (Å²) in [6.07, 6.45) is 0. The van der Waals surface area contributed by atoms with Gasteiger partial charge in [0.2, 0.25) is 10.3 Å². The predicted molar refractivity (Wildman–Crippen MR) is 100 cm³/mol. The highest BCUT2D eigenvalue weighted by molar-refractivity contribution is 7.23. The second-order valence-electron chi connectivity index (χ2n) is 5.26. The van der Waals surface area contributed by atoms with Crippen LogP contribution in [0.2, 0.25) is 0 Å². The molecular formula is C16H10N4O4S2. The topological polar surface area (TPSA) is 124 Å². The molecule has 0 bridgehead atoms. The molecule has 0 saturated heterocycles. The van der Waals surface area contributed by atoms with Crippen molar-refractivity contribution in [2.24, 2.45) is 0 Å². The molecule has 0 spiro atoms. The van der Waals surface area contributed by atoms with E-state index in [-0.39, 0.29) is 11.1 Å². The number of anilines is 2. The summed E-state index contributed by atoms with van der Waals surface area (Å²) < 4.78 is 1.51. The molecule has 0 atom stereocenters. The maximum atomic E-state index is 11.0. The Morgan fingerprint density at radius 2 is 1.19 bits per heavy atom. The zero-order valence-corrected chi connectivity index (χ0v) is 14.5. The van der Waals surface area contributed by atoms with E-state index >= 15 is 0 Å². The van der Waals surface area contributed by atoms with Gasteiger partial charge >= 0.3 is 11.9 Å². The average molecular weight is 386 g/mol. The van der Waals surface area contributed by atoms with E-state index in [4.69, 9.17) is 10.2 Å². The van der Waals surface area contributed by atoms with Gasteiger partial charge in [0.05, 0.1) is 31.6 Å². The molecule has 0 aliphatic rings. The van der Waals surface area contributed by atoms with Gasteiger partial charge in [-0.05, 0) is 36.4 Å². The third-order valence-corrected chi connectivity index (χ3v) is 5.41. The van der Waals surface area contributed by atoms with Crippen LogP contribution in [0.25, 0.3) is 20.4 Å². The van der Waals surface area contributed by atoms with Gasteiger partial charge < -0.3 is 10.2 Å². The first-order valence-electron chi connectivity index (χ1n) is 7.29.